The summed E-state index contributed by atoms with van der Waals surface area (Å²) in [5.74, 6) is -0.0113. The summed E-state index contributed by atoms with van der Waals surface area (Å²) in [5.41, 5.74) is 7.27. The number of carbonyl (C=O) groups excluding carboxylic acids is 1. The second kappa shape index (κ2) is 6.12. The molecule has 1 amide bonds. The maximum Gasteiger partial charge on any atom is 0.261 e. The first-order valence-electron chi connectivity index (χ1n) is 5.82. The van der Waals surface area contributed by atoms with Crippen molar-refractivity contribution >= 4 is 28.8 Å². The SMILES string of the molecule is COc1ncccc1C(=O)Nc1ccc(C(N)=S)cc1. The summed E-state index contributed by atoms with van der Waals surface area (Å²) in [7, 11) is 1.47. The smallest absolute Gasteiger partial charge is 0.261 e. The van der Waals surface area contributed by atoms with Gasteiger partial charge in [-0.2, -0.15) is 0 Å². The lowest BCUT2D eigenvalue weighted by Gasteiger charge is -2.08. The molecule has 1 heterocycles. The lowest BCUT2D eigenvalue weighted by atomic mass is 10.2. The number of thiocarbonyl (C=S) groups is 1. The molecule has 3 N–H and O–H groups in total. The molecule has 0 saturated carbocycles. The Morgan fingerprint density at radius 3 is 2.60 bits per heavy atom. The molecule has 5 nitrogen and oxygen atoms in total. The van der Waals surface area contributed by atoms with Gasteiger partial charge in [-0.1, -0.05) is 12.2 Å². The molecule has 0 atom stereocenters. The van der Waals surface area contributed by atoms with E-state index < -0.39 is 0 Å². The number of nitrogens with zero attached hydrogens (tertiary/aromatic N) is 1. The Morgan fingerprint density at radius 2 is 2.00 bits per heavy atom. The number of aromatic nitrogens is 1. The number of rotatable bonds is 4. The molecule has 1 aromatic heterocycles. The number of methoxy groups -OCH3 is 1. The molecule has 0 saturated heterocycles. The summed E-state index contributed by atoms with van der Waals surface area (Å²) in [6.45, 7) is 0. The van der Waals surface area contributed by atoms with Crippen molar-refractivity contribution in [3.8, 4) is 5.88 Å². The number of hydrogen-bond acceptors (Lipinski definition) is 4. The number of nitrogens with one attached hydrogen (secondary N) is 1. The van der Waals surface area contributed by atoms with Crippen LogP contribution in [0, 0.1) is 0 Å². The van der Waals surface area contributed by atoms with Crippen LogP contribution in [-0.2, 0) is 0 Å². The number of ether oxygens (including phenoxy) is 1. The molecular weight excluding hydrogens is 274 g/mol. The predicted molar refractivity (Wildman–Crippen MR) is 81.1 cm³/mol. The van der Waals surface area contributed by atoms with Crippen LogP contribution in [0.1, 0.15) is 15.9 Å². The van der Waals surface area contributed by atoms with E-state index in [0.717, 1.165) is 5.56 Å². The molecule has 0 aliphatic carbocycles. The lowest BCUT2D eigenvalue weighted by molar-refractivity contribution is 0.102. The normalized spacial score (nSPS) is 9.85. The molecule has 0 spiro atoms. The van der Waals surface area contributed by atoms with Gasteiger partial charge in [0.15, 0.2) is 0 Å². The maximum absolute atomic E-state index is 12.1. The third-order valence-corrected chi connectivity index (χ3v) is 2.87. The molecule has 0 radical (unpaired) electrons. The first kappa shape index (κ1) is 14.0. The zero-order chi connectivity index (χ0) is 14.5. The summed E-state index contributed by atoms with van der Waals surface area (Å²) >= 11 is 4.87. The van der Waals surface area contributed by atoms with Crippen molar-refractivity contribution in [2.45, 2.75) is 0 Å². The van der Waals surface area contributed by atoms with Crippen LogP contribution in [-0.4, -0.2) is 23.0 Å². The molecular formula is C14H13N3O2S. The zero-order valence-electron chi connectivity index (χ0n) is 10.8. The van der Waals surface area contributed by atoms with E-state index in [2.05, 4.69) is 10.3 Å². The van der Waals surface area contributed by atoms with E-state index in [9.17, 15) is 4.79 Å². The van der Waals surface area contributed by atoms with Gasteiger partial charge in [0.2, 0.25) is 5.88 Å². The lowest BCUT2D eigenvalue weighted by Crippen LogP contribution is -2.14. The van der Waals surface area contributed by atoms with Crippen LogP contribution < -0.4 is 15.8 Å². The van der Waals surface area contributed by atoms with Crippen LogP contribution >= 0.6 is 12.2 Å². The van der Waals surface area contributed by atoms with Crippen molar-refractivity contribution in [2.75, 3.05) is 12.4 Å². The van der Waals surface area contributed by atoms with E-state index >= 15 is 0 Å². The maximum atomic E-state index is 12.1. The van der Waals surface area contributed by atoms with Crippen molar-refractivity contribution in [2.24, 2.45) is 5.73 Å². The molecule has 0 bridgehead atoms. The van der Waals surface area contributed by atoms with Crippen molar-refractivity contribution in [3.05, 3.63) is 53.7 Å². The number of carbonyl (C=O) groups is 1. The highest BCUT2D eigenvalue weighted by Gasteiger charge is 2.12. The van der Waals surface area contributed by atoms with Crippen molar-refractivity contribution in [3.63, 3.8) is 0 Å². The third kappa shape index (κ3) is 3.10. The van der Waals surface area contributed by atoms with Gasteiger partial charge in [0.05, 0.1) is 7.11 Å². The number of hydrogen-bond donors (Lipinski definition) is 2. The minimum atomic E-state index is -0.293. The summed E-state index contributed by atoms with van der Waals surface area (Å²) in [6, 6.07) is 10.3. The summed E-state index contributed by atoms with van der Waals surface area (Å²) in [4.78, 5) is 16.4. The first-order valence-corrected chi connectivity index (χ1v) is 6.23. The second-order valence-electron chi connectivity index (χ2n) is 3.96. The highest BCUT2D eigenvalue weighted by atomic mass is 32.1. The van der Waals surface area contributed by atoms with E-state index in [1.165, 1.54) is 7.11 Å². The van der Waals surface area contributed by atoms with E-state index in [4.69, 9.17) is 22.7 Å². The fraction of sp³-hybridized carbons (Fsp3) is 0.0714. The molecule has 1 aromatic carbocycles. The van der Waals surface area contributed by atoms with Crippen LogP contribution in [0.2, 0.25) is 0 Å². The fourth-order valence-corrected chi connectivity index (χ4v) is 1.78. The van der Waals surface area contributed by atoms with Crippen LogP contribution in [0.3, 0.4) is 0 Å². The molecule has 0 aliphatic heterocycles. The molecule has 20 heavy (non-hydrogen) atoms. The Bertz CT molecular complexity index is 641. The number of pyridine rings is 1. The van der Waals surface area contributed by atoms with Crippen molar-refractivity contribution in [1.82, 2.24) is 4.98 Å². The average molecular weight is 287 g/mol. The molecule has 0 aliphatic rings. The van der Waals surface area contributed by atoms with Crippen LogP contribution in [0.5, 0.6) is 5.88 Å². The third-order valence-electron chi connectivity index (χ3n) is 2.64. The van der Waals surface area contributed by atoms with E-state index in [1.807, 2.05) is 0 Å². The van der Waals surface area contributed by atoms with Gasteiger partial charge in [-0.15, -0.1) is 0 Å². The van der Waals surface area contributed by atoms with E-state index in [1.54, 1.807) is 42.6 Å². The minimum Gasteiger partial charge on any atom is -0.480 e. The quantitative estimate of drug-likeness (QED) is 0.841. The monoisotopic (exact) mass is 287 g/mol. The van der Waals surface area contributed by atoms with Gasteiger partial charge in [0, 0.05) is 17.4 Å². The van der Waals surface area contributed by atoms with Crippen LogP contribution in [0.15, 0.2) is 42.6 Å². The fourth-order valence-electron chi connectivity index (χ4n) is 1.64. The molecule has 102 valence electrons. The van der Waals surface area contributed by atoms with Gasteiger partial charge in [-0.05, 0) is 36.4 Å². The Kier molecular flexibility index (Phi) is 4.27. The number of benzene rings is 1. The Balaban J connectivity index is 2.17. The zero-order valence-corrected chi connectivity index (χ0v) is 11.6. The standard InChI is InChI=1S/C14H13N3O2S/c1-19-14-11(3-2-8-16-14)13(18)17-10-6-4-9(5-7-10)12(15)20/h2-8H,1H3,(H2,15,20)(H,17,18). The minimum absolute atomic E-state index is 0.282. The second-order valence-corrected chi connectivity index (χ2v) is 4.40. The number of anilines is 1. The van der Waals surface area contributed by atoms with Gasteiger partial charge in [-0.25, -0.2) is 4.98 Å². The van der Waals surface area contributed by atoms with Gasteiger partial charge >= 0.3 is 0 Å². The van der Waals surface area contributed by atoms with E-state index in [-0.39, 0.29) is 11.8 Å². The Hall–Kier alpha value is -2.47. The number of amides is 1. The topological polar surface area (TPSA) is 77.2 Å². The Labute approximate surface area is 121 Å². The largest absolute Gasteiger partial charge is 0.480 e. The summed E-state index contributed by atoms with van der Waals surface area (Å²) in [6.07, 6.45) is 1.56. The van der Waals surface area contributed by atoms with Gasteiger partial charge in [0.1, 0.15) is 10.6 Å². The molecule has 2 aromatic rings. The molecule has 2 rings (SSSR count). The van der Waals surface area contributed by atoms with Crippen molar-refractivity contribution in [1.29, 1.82) is 0 Å². The predicted octanol–water partition coefficient (Wildman–Crippen LogP) is 1.98. The Morgan fingerprint density at radius 1 is 1.30 bits per heavy atom. The van der Waals surface area contributed by atoms with Gasteiger partial charge in [0.25, 0.3) is 5.91 Å². The molecule has 6 heteroatoms. The van der Waals surface area contributed by atoms with Gasteiger partial charge < -0.3 is 15.8 Å². The summed E-state index contributed by atoms with van der Waals surface area (Å²) in [5, 5.41) is 2.76. The average Bonchev–Trinajstić information content (AvgIpc) is 2.47. The number of nitrogens with two attached hydrogens (primary N) is 1. The molecule has 0 fully saturated rings. The van der Waals surface area contributed by atoms with Crippen LogP contribution in [0.4, 0.5) is 5.69 Å². The first-order chi connectivity index (χ1) is 9.61. The highest BCUT2D eigenvalue weighted by Crippen LogP contribution is 2.16. The van der Waals surface area contributed by atoms with Crippen molar-refractivity contribution < 1.29 is 9.53 Å². The van der Waals surface area contributed by atoms with E-state index in [0.29, 0.717) is 16.2 Å². The van der Waals surface area contributed by atoms with Gasteiger partial charge in [-0.3, -0.25) is 4.79 Å². The molecule has 0 unspecified atom stereocenters. The highest BCUT2D eigenvalue weighted by molar-refractivity contribution is 7.80. The van der Waals surface area contributed by atoms with Crippen LogP contribution in [0.25, 0.3) is 0 Å². The summed E-state index contributed by atoms with van der Waals surface area (Å²) < 4.78 is 5.05.